The first-order valence-corrected chi connectivity index (χ1v) is 11.3. The van der Waals surface area contributed by atoms with Crippen molar-refractivity contribution in [3.8, 4) is 5.75 Å². The van der Waals surface area contributed by atoms with Crippen molar-refractivity contribution in [1.29, 1.82) is 0 Å². The third-order valence-electron chi connectivity index (χ3n) is 5.53. The summed E-state index contributed by atoms with van der Waals surface area (Å²) < 4.78 is 5.88. The number of ether oxygens (including phenoxy) is 1. The number of fused-ring (bicyclic) bond motifs is 3. The third kappa shape index (κ3) is 4.79. The van der Waals surface area contributed by atoms with Gasteiger partial charge in [-0.05, 0) is 72.7 Å². The van der Waals surface area contributed by atoms with Crippen molar-refractivity contribution in [3.05, 3.63) is 75.9 Å². The van der Waals surface area contributed by atoms with Crippen LogP contribution in [0.4, 0.5) is 11.5 Å². The SMILES string of the molecule is CC1CCc2c(sc3ncnc(Nc4ccc(OCc5ccc(Cl)cc5)cc4)c23)C1.Cl. The summed E-state index contributed by atoms with van der Waals surface area (Å²) in [5.74, 6) is 2.46. The van der Waals surface area contributed by atoms with Crippen LogP contribution in [0.1, 0.15) is 29.3 Å². The van der Waals surface area contributed by atoms with Crippen LogP contribution in [0.2, 0.25) is 5.02 Å². The van der Waals surface area contributed by atoms with Crippen molar-refractivity contribution in [2.75, 3.05) is 5.32 Å². The Bertz CT molecular complexity index is 1180. The monoisotopic (exact) mass is 471 g/mol. The van der Waals surface area contributed by atoms with Gasteiger partial charge in [0.2, 0.25) is 0 Å². The quantitative estimate of drug-likeness (QED) is 0.333. The topological polar surface area (TPSA) is 47.0 Å². The maximum atomic E-state index is 5.93. The molecule has 4 aromatic rings. The Hall–Kier alpha value is -2.34. The van der Waals surface area contributed by atoms with E-state index in [1.54, 1.807) is 6.33 Å². The van der Waals surface area contributed by atoms with E-state index in [1.165, 1.54) is 22.2 Å². The van der Waals surface area contributed by atoms with Crippen LogP contribution >= 0.6 is 35.3 Å². The number of nitrogens with zero attached hydrogens (tertiary/aromatic N) is 2. The van der Waals surface area contributed by atoms with Crippen molar-refractivity contribution in [3.63, 3.8) is 0 Å². The summed E-state index contributed by atoms with van der Waals surface area (Å²) >= 11 is 7.75. The molecule has 1 atom stereocenters. The van der Waals surface area contributed by atoms with Crippen molar-refractivity contribution in [2.24, 2.45) is 5.92 Å². The van der Waals surface area contributed by atoms with Gasteiger partial charge < -0.3 is 10.1 Å². The van der Waals surface area contributed by atoms with Crippen molar-refractivity contribution in [1.82, 2.24) is 9.97 Å². The van der Waals surface area contributed by atoms with Crippen molar-refractivity contribution >= 4 is 57.1 Å². The molecule has 0 fully saturated rings. The first kappa shape index (κ1) is 21.9. The number of rotatable bonds is 5. The van der Waals surface area contributed by atoms with Gasteiger partial charge in [-0.1, -0.05) is 30.7 Å². The summed E-state index contributed by atoms with van der Waals surface area (Å²) in [4.78, 5) is 11.6. The maximum absolute atomic E-state index is 5.93. The highest BCUT2D eigenvalue weighted by Crippen LogP contribution is 2.40. The second-order valence-corrected chi connectivity index (χ2v) is 9.34. The van der Waals surface area contributed by atoms with Crippen molar-refractivity contribution in [2.45, 2.75) is 32.8 Å². The third-order valence-corrected chi connectivity index (χ3v) is 6.94. The number of nitrogens with one attached hydrogen (secondary N) is 1. The van der Waals surface area contributed by atoms with Crippen LogP contribution < -0.4 is 10.1 Å². The molecule has 1 aliphatic carbocycles. The highest BCUT2D eigenvalue weighted by Gasteiger charge is 2.23. The van der Waals surface area contributed by atoms with E-state index in [0.29, 0.717) is 6.61 Å². The van der Waals surface area contributed by atoms with Crippen LogP contribution in [0.25, 0.3) is 10.2 Å². The molecule has 0 saturated heterocycles. The first-order valence-electron chi connectivity index (χ1n) is 10.2. The molecule has 1 N–H and O–H groups in total. The van der Waals surface area contributed by atoms with Crippen LogP contribution in [0, 0.1) is 5.92 Å². The summed E-state index contributed by atoms with van der Waals surface area (Å²) in [7, 11) is 0. The van der Waals surface area contributed by atoms with Gasteiger partial charge >= 0.3 is 0 Å². The fraction of sp³-hybridized carbons (Fsp3) is 0.250. The molecular weight excluding hydrogens is 449 g/mol. The van der Waals surface area contributed by atoms with Crippen LogP contribution in [-0.2, 0) is 19.4 Å². The number of aromatic nitrogens is 2. The van der Waals surface area contributed by atoms with Gasteiger partial charge in [0.1, 0.15) is 29.3 Å². The van der Waals surface area contributed by atoms with Crippen molar-refractivity contribution < 1.29 is 4.74 Å². The predicted octanol–water partition coefficient (Wildman–Crippen LogP) is 7.21. The molecule has 1 unspecified atom stereocenters. The van der Waals surface area contributed by atoms with Gasteiger partial charge in [0.05, 0.1) is 5.39 Å². The molecule has 160 valence electrons. The predicted molar refractivity (Wildman–Crippen MR) is 131 cm³/mol. The van der Waals surface area contributed by atoms with E-state index in [0.717, 1.165) is 51.4 Å². The van der Waals surface area contributed by atoms with E-state index >= 15 is 0 Å². The molecule has 0 spiro atoms. The zero-order valence-corrected chi connectivity index (χ0v) is 19.5. The number of halogens is 2. The first-order chi connectivity index (χ1) is 14.7. The van der Waals surface area contributed by atoms with E-state index in [2.05, 4.69) is 22.2 Å². The number of hydrogen-bond donors (Lipinski definition) is 1. The Balaban J connectivity index is 0.00000231. The molecular formula is C24H23Cl2N3OS. The summed E-state index contributed by atoms with van der Waals surface area (Å²) in [6.45, 7) is 2.84. The molecule has 7 heteroatoms. The summed E-state index contributed by atoms with van der Waals surface area (Å²) in [5.41, 5.74) is 3.50. The van der Waals surface area contributed by atoms with Gasteiger partial charge in [-0.2, -0.15) is 0 Å². The lowest BCUT2D eigenvalue weighted by Gasteiger charge is -2.18. The Labute approximate surface area is 197 Å². The summed E-state index contributed by atoms with van der Waals surface area (Å²) in [6.07, 6.45) is 5.14. The highest BCUT2D eigenvalue weighted by atomic mass is 35.5. The molecule has 5 rings (SSSR count). The van der Waals surface area contributed by atoms with Crippen LogP contribution in [0.3, 0.4) is 0 Å². The average Bonchev–Trinajstić information content (AvgIpc) is 3.13. The van der Waals surface area contributed by atoms with Gasteiger partial charge in [-0.3, -0.25) is 0 Å². The maximum Gasteiger partial charge on any atom is 0.142 e. The molecule has 2 aromatic carbocycles. The van der Waals surface area contributed by atoms with Gasteiger partial charge in [-0.15, -0.1) is 23.7 Å². The molecule has 0 saturated carbocycles. The zero-order valence-electron chi connectivity index (χ0n) is 17.1. The van der Waals surface area contributed by atoms with Gasteiger partial charge in [0.15, 0.2) is 0 Å². The van der Waals surface area contributed by atoms with Crippen LogP contribution in [0.15, 0.2) is 54.9 Å². The Morgan fingerprint density at radius 2 is 1.87 bits per heavy atom. The lowest BCUT2D eigenvalue weighted by molar-refractivity contribution is 0.306. The smallest absolute Gasteiger partial charge is 0.142 e. The number of thiophene rings is 1. The molecule has 0 aliphatic heterocycles. The van der Waals surface area contributed by atoms with Gasteiger partial charge in [-0.25, -0.2) is 9.97 Å². The number of aryl methyl sites for hydroxylation is 1. The molecule has 0 radical (unpaired) electrons. The van der Waals surface area contributed by atoms with E-state index in [9.17, 15) is 0 Å². The second-order valence-electron chi connectivity index (χ2n) is 7.82. The van der Waals surface area contributed by atoms with E-state index in [1.807, 2.05) is 59.9 Å². The average molecular weight is 472 g/mol. The molecule has 4 nitrogen and oxygen atoms in total. The summed E-state index contributed by atoms with van der Waals surface area (Å²) in [6, 6.07) is 15.7. The molecule has 2 heterocycles. The molecule has 0 bridgehead atoms. The molecule has 1 aliphatic rings. The Morgan fingerprint density at radius 1 is 1.10 bits per heavy atom. The number of anilines is 2. The minimum Gasteiger partial charge on any atom is -0.489 e. The number of benzene rings is 2. The number of hydrogen-bond acceptors (Lipinski definition) is 5. The highest BCUT2D eigenvalue weighted by molar-refractivity contribution is 7.19. The minimum atomic E-state index is 0. The van der Waals surface area contributed by atoms with Gasteiger partial charge in [0.25, 0.3) is 0 Å². The van der Waals surface area contributed by atoms with E-state index < -0.39 is 0 Å². The standard InChI is InChI=1S/C24H22ClN3OS.ClH/c1-15-2-11-20-21(12-15)30-24-22(20)23(26-14-27-24)28-18-7-9-19(10-8-18)29-13-16-3-5-17(25)6-4-16;/h3-10,14-15H,2,11-13H2,1H3,(H,26,27,28);1H. The minimum absolute atomic E-state index is 0. The molecule has 31 heavy (non-hydrogen) atoms. The zero-order chi connectivity index (χ0) is 20.5. The molecule has 2 aromatic heterocycles. The van der Waals surface area contributed by atoms with Crippen LogP contribution in [-0.4, -0.2) is 9.97 Å². The Morgan fingerprint density at radius 3 is 2.65 bits per heavy atom. The fourth-order valence-electron chi connectivity index (χ4n) is 3.89. The lowest BCUT2D eigenvalue weighted by Crippen LogP contribution is -2.09. The van der Waals surface area contributed by atoms with E-state index in [4.69, 9.17) is 16.3 Å². The van der Waals surface area contributed by atoms with E-state index in [-0.39, 0.29) is 12.4 Å². The Kier molecular flexibility index (Phi) is 6.65. The second kappa shape index (κ2) is 9.43. The normalized spacial score (nSPS) is 15.2. The van der Waals surface area contributed by atoms with Crippen LogP contribution in [0.5, 0.6) is 5.75 Å². The summed E-state index contributed by atoms with van der Waals surface area (Å²) in [5, 5.41) is 5.41. The lowest BCUT2D eigenvalue weighted by atomic mass is 9.89. The largest absolute Gasteiger partial charge is 0.489 e. The fourth-order valence-corrected chi connectivity index (χ4v) is 5.36. The van der Waals surface area contributed by atoms with Gasteiger partial charge in [0, 0.05) is 15.6 Å². The molecule has 0 amide bonds.